The van der Waals surface area contributed by atoms with E-state index >= 15 is 0 Å². The molecule has 7 aromatic heterocycles. The fourth-order valence-corrected chi connectivity index (χ4v) is 13.3. The van der Waals surface area contributed by atoms with Gasteiger partial charge in [0, 0.05) is 52.5 Å². The van der Waals surface area contributed by atoms with Crippen molar-refractivity contribution in [3.63, 3.8) is 0 Å². The Balaban J connectivity index is 0.000000148. The number of pyridine rings is 6. The first-order valence-electron chi connectivity index (χ1n) is 34.0. The Morgan fingerprint density at radius 2 is 0.798 bits per heavy atom. The Bertz CT molecular complexity index is 4680. The first-order chi connectivity index (χ1) is 44.5. The van der Waals surface area contributed by atoms with Crippen LogP contribution < -0.4 is 18.3 Å². The van der Waals surface area contributed by atoms with E-state index in [1.165, 1.54) is 144 Å². The van der Waals surface area contributed by atoms with Gasteiger partial charge in [-0.05, 0) is 246 Å². The molecule has 0 aliphatic rings. The Hall–Kier alpha value is -8.88. The predicted molar refractivity (Wildman–Crippen MR) is 396 cm³/mol. The second kappa shape index (κ2) is 29.2. The van der Waals surface area contributed by atoms with Gasteiger partial charge in [-0.2, -0.15) is 0 Å². The smallest absolute Gasteiger partial charge is 0.256 e. The minimum atomic E-state index is 0.444. The number of hydrogen-bond acceptors (Lipinski definition) is 4. The molecule has 12 rings (SSSR count). The van der Waals surface area contributed by atoms with Crippen LogP contribution in [-0.4, -0.2) is 19.9 Å². The Morgan fingerprint density at radius 3 is 1.28 bits per heavy atom. The normalized spacial score (nSPS) is 11.4. The number of benzene rings is 5. The van der Waals surface area contributed by atoms with Crippen molar-refractivity contribution in [3.05, 3.63) is 236 Å². The summed E-state index contributed by atoms with van der Waals surface area (Å²) in [7, 11) is 8.46. The van der Waals surface area contributed by atoms with E-state index in [9.17, 15) is 0 Å². The maximum atomic E-state index is 5.02. The van der Waals surface area contributed by atoms with E-state index in [1.807, 2.05) is 6.20 Å². The molecule has 0 unspecified atom stereocenters. The van der Waals surface area contributed by atoms with E-state index in [4.69, 9.17) is 15.0 Å². The molecule has 0 N–H and O–H groups in total. The maximum absolute atomic E-state index is 5.02. The molecule has 0 aliphatic heterocycles. The lowest BCUT2D eigenvalue weighted by Gasteiger charge is -2.12. The minimum Gasteiger partial charge on any atom is -0.256 e. The van der Waals surface area contributed by atoms with Crippen molar-refractivity contribution in [2.45, 2.75) is 163 Å². The van der Waals surface area contributed by atoms with Crippen LogP contribution in [0.3, 0.4) is 0 Å². The Labute approximate surface area is 562 Å². The lowest BCUT2D eigenvalue weighted by Crippen LogP contribution is -2.32. The number of aryl methyl sites for hydroxylation is 12. The molecule has 94 heavy (non-hydrogen) atoms. The van der Waals surface area contributed by atoms with Crippen molar-refractivity contribution in [1.29, 1.82) is 0 Å². The van der Waals surface area contributed by atoms with Crippen molar-refractivity contribution in [3.8, 4) is 45.2 Å². The van der Waals surface area contributed by atoms with Gasteiger partial charge in [0.25, 0.3) is 0 Å². The second-order valence-electron chi connectivity index (χ2n) is 28.5. The van der Waals surface area contributed by atoms with Gasteiger partial charge in [0.15, 0.2) is 24.1 Å². The molecule has 0 saturated carbocycles. The molecule has 484 valence electrons. The molecule has 0 atom stereocenters. The molecule has 7 heterocycles. The average molecular weight is 1250 g/mol. The first-order valence-corrected chi connectivity index (χ1v) is 34.0. The monoisotopic (exact) mass is 1250 g/mol. The van der Waals surface area contributed by atoms with Crippen LogP contribution in [0.25, 0.3) is 88.8 Å². The lowest BCUT2D eigenvalue weighted by atomic mass is 9.95. The molecule has 8 nitrogen and oxygen atoms in total. The molecule has 0 saturated heterocycles. The van der Waals surface area contributed by atoms with Crippen LogP contribution in [0, 0.1) is 94.9 Å². The summed E-state index contributed by atoms with van der Waals surface area (Å²) < 4.78 is 8.83. The molecule has 0 amide bonds. The first kappa shape index (κ1) is 69.5. The highest BCUT2D eigenvalue weighted by Gasteiger charge is 2.23. The van der Waals surface area contributed by atoms with E-state index in [2.05, 4.69) is 330 Å². The van der Waals surface area contributed by atoms with Crippen LogP contribution in [0.15, 0.2) is 146 Å². The number of aromatic nitrogens is 8. The Morgan fingerprint density at radius 1 is 0.362 bits per heavy atom. The van der Waals surface area contributed by atoms with Crippen molar-refractivity contribution < 1.29 is 18.3 Å². The third kappa shape index (κ3) is 15.7. The topological polar surface area (TPSA) is 67.1 Å². The van der Waals surface area contributed by atoms with Crippen LogP contribution in [-0.2, 0) is 41.0 Å². The zero-order chi connectivity index (χ0) is 68.3. The van der Waals surface area contributed by atoms with Crippen LogP contribution in [0.1, 0.15) is 157 Å². The predicted octanol–water partition coefficient (Wildman–Crippen LogP) is 19.3. The molecular formula is C86H104N8+4. The lowest BCUT2D eigenvalue weighted by molar-refractivity contribution is -0.661. The van der Waals surface area contributed by atoms with Gasteiger partial charge in [-0.15, -0.1) is 0 Å². The van der Waals surface area contributed by atoms with Crippen molar-refractivity contribution in [2.24, 2.45) is 40.0 Å². The van der Waals surface area contributed by atoms with Crippen LogP contribution in [0.2, 0.25) is 0 Å². The number of nitrogens with zero attached hydrogens (tertiary/aromatic N) is 8. The van der Waals surface area contributed by atoms with Crippen LogP contribution in [0.5, 0.6) is 0 Å². The van der Waals surface area contributed by atoms with Gasteiger partial charge in [-0.25, -0.2) is 18.3 Å². The summed E-state index contributed by atoms with van der Waals surface area (Å²) in [6.45, 7) is 44.0. The highest BCUT2D eigenvalue weighted by Crippen LogP contribution is 2.33. The highest BCUT2D eigenvalue weighted by atomic mass is 15.0. The van der Waals surface area contributed by atoms with E-state index in [0.717, 1.165) is 46.4 Å². The summed E-state index contributed by atoms with van der Waals surface area (Å²) in [5.41, 5.74) is 34.0. The van der Waals surface area contributed by atoms with E-state index < -0.39 is 0 Å². The number of hydrogen-bond donors (Lipinski definition) is 0. The quantitative estimate of drug-likeness (QED) is 0.128. The van der Waals surface area contributed by atoms with Gasteiger partial charge < -0.3 is 0 Å². The number of fused-ring (bicyclic) bond motifs is 4. The molecule has 5 aromatic carbocycles. The molecule has 0 radical (unpaired) electrons. The average Bonchev–Trinajstić information content (AvgIpc) is 0.800. The standard InChI is InChI=1S/2C22H27N2.2C21H25N2/c1-14(2)9-19-8-7-18-13-24(6)22(12-21(18)23-19)20-11-15(3)10-16(4)17(20)5;1-14(2)10-18-8-7-9-21-20(18)13-24(6)22(23-21)19-12-15(3)11-16(4)17(19)5;1-13(2)17-7-8-22-20-11-21(23(6)12-19(17)20)18-10-14(3)9-15(4)16(18)5;1-13(2)19-8-7-17-12-23(6)21(11-20(17)22-19)18-10-14(3)9-15(4)16(18)5/h7-8,10-14H,9H2,1-6H3;7-9,11-14H,10H2,1-6H3;2*7-13H,1-6H3/q4*+1. The van der Waals surface area contributed by atoms with E-state index in [1.54, 1.807) is 0 Å². The molecular weight excluding hydrogens is 1150 g/mol. The highest BCUT2D eigenvalue weighted by molar-refractivity contribution is 5.86. The van der Waals surface area contributed by atoms with E-state index in [0.29, 0.717) is 23.7 Å². The molecule has 0 fully saturated rings. The number of rotatable bonds is 10. The zero-order valence-corrected chi connectivity index (χ0v) is 61.2. The van der Waals surface area contributed by atoms with Gasteiger partial charge in [0.2, 0.25) is 17.1 Å². The SMILES string of the molecule is Cc1cc(C)c(C)c(-c2cc3nc(C(C)C)ccc3c[n+]2C)c1.Cc1cc(C)c(C)c(-c2cc3nc(CC(C)C)ccc3c[n+]2C)c1.Cc1cc(C)c(C)c(-c2cc3nccc(C(C)C)c3c[n+]2C)c1.Cc1cc(C)c(C)c(-c2nc3cccc(CC(C)C)c3c[n+]2C)c1. The van der Waals surface area contributed by atoms with Gasteiger partial charge in [0.05, 0.1) is 50.7 Å². The van der Waals surface area contributed by atoms with Gasteiger partial charge in [0.1, 0.15) is 27.3 Å². The summed E-state index contributed by atoms with van der Waals surface area (Å²) in [5.74, 6) is 3.24. The van der Waals surface area contributed by atoms with Crippen LogP contribution >= 0.6 is 0 Å². The van der Waals surface area contributed by atoms with Crippen molar-refractivity contribution >= 4 is 43.6 Å². The molecule has 12 aromatic rings. The van der Waals surface area contributed by atoms with Crippen LogP contribution in [0.4, 0.5) is 0 Å². The molecule has 0 spiro atoms. The fourth-order valence-electron chi connectivity index (χ4n) is 13.3. The zero-order valence-electron chi connectivity index (χ0n) is 61.2. The van der Waals surface area contributed by atoms with E-state index in [-0.39, 0.29) is 0 Å². The summed E-state index contributed by atoms with van der Waals surface area (Å²) in [6.07, 6.45) is 12.9. The van der Waals surface area contributed by atoms with Gasteiger partial charge >= 0.3 is 5.82 Å². The summed E-state index contributed by atoms with van der Waals surface area (Å²) in [4.78, 5) is 19.4. The van der Waals surface area contributed by atoms with Crippen molar-refractivity contribution in [1.82, 2.24) is 19.9 Å². The fraction of sp³-hybridized carbons (Fsp3) is 0.349. The molecule has 8 heteroatoms. The maximum Gasteiger partial charge on any atom is 0.331 e. The Kier molecular flexibility index (Phi) is 21.6. The second-order valence-corrected chi connectivity index (χ2v) is 28.5. The summed E-state index contributed by atoms with van der Waals surface area (Å²) in [5, 5.41) is 4.88. The summed E-state index contributed by atoms with van der Waals surface area (Å²) in [6, 6.07) is 42.0. The molecule has 0 bridgehead atoms. The third-order valence-corrected chi connectivity index (χ3v) is 18.8. The third-order valence-electron chi connectivity index (χ3n) is 18.8. The molecule has 0 aliphatic carbocycles. The largest absolute Gasteiger partial charge is 0.331 e. The minimum absolute atomic E-state index is 0.444. The summed E-state index contributed by atoms with van der Waals surface area (Å²) >= 11 is 0. The van der Waals surface area contributed by atoms with Crippen molar-refractivity contribution in [2.75, 3.05) is 0 Å². The van der Waals surface area contributed by atoms with Gasteiger partial charge in [-0.1, -0.05) is 108 Å². The van der Waals surface area contributed by atoms with Gasteiger partial charge in [-0.3, -0.25) is 15.0 Å².